The van der Waals surface area contributed by atoms with E-state index in [2.05, 4.69) is 5.32 Å². The highest BCUT2D eigenvalue weighted by Crippen LogP contribution is 2.04. The maximum absolute atomic E-state index is 11.8. The Morgan fingerprint density at radius 1 is 1.45 bits per heavy atom. The summed E-state index contributed by atoms with van der Waals surface area (Å²) in [6, 6.07) is 3.19. The van der Waals surface area contributed by atoms with Crippen molar-refractivity contribution in [2.75, 3.05) is 38.2 Å². The number of amides is 2. The molecule has 2 N–H and O–H groups in total. The smallest absolute Gasteiger partial charge is 0.289 e. The van der Waals surface area contributed by atoms with E-state index in [9.17, 15) is 9.59 Å². The van der Waals surface area contributed by atoms with Gasteiger partial charge in [0.25, 0.3) is 5.91 Å². The fourth-order valence-corrected chi connectivity index (χ4v) is 2.25. The summed E-state index contributed by atoms with van der Waals surface area (Å²) in [6.07, 6.45) is 2.18. The summed E-state index contributed by atoms with van der Waals surface area (Å²) in [6.45, 7) is 0.748. The second-order valence-corrected chi connectivity index (χ2v) is 5.40. The SMILES string of the molecule is CN(CC(=O)NCCSCCCO)C(=O)c1ccco1. The highest BCUT2D eigenvalue weighted by atomic mass is 32.2. The van der Waals surface area contributed by atoms with Gasteiger partial charge in [0.1, 0.15) is 0 Å². The Morgan fingerprint density at radius 3 is 2.90 bits per heavy atom. The van der Waals surface area contributed by atoms with Crippen LogP contribution in [0.1, 0.15) is 17.0 Å². The van der Waals surface area contributed by atoms with Crippen LogP contribution in [0.2, 0.25) is 0 Å². The number of aliphatic hydroxyl groups excluding tert-OH is 1. The molecule has 0 atom stereocenters. The number of rotatable bonds is 9. The van der Waals surface area contributed by atoms with Crippen molar-refractivity contribution in [1.82, 2.24) is 10.2 Å². The van der Waals surface area contributed by atoms with Gasteiger partial charge in [0.05, 0.1) is 12.8 Å². The predicted octanol–water partition coefficient (Wildman–Crippen LogP) is 0.583. The lowest BCUT2D eigenvalue weighted by Crippen LogP contribution is -2.39. The van der Waals surface area contributed by atoms with Crippen molar-refractivity contribution >= 4 is 23.6 Å². The third-order valence-electron chi connectivity index (χ3n) is 2.47. The fourth-order valence-electron chi connectivity index (χ4n) is 1.46. The van der Waals surface area contributed by atoms with E-state index in [1.165, 1.54) is 11.2 Å². The van der Waals surface area contributed by atoms with E-state index in [0.717, 1.165) is 17.9 Å². The van der Waals surface area contributed by atoms with Gasteiger partial charge < -0.3 is 19.7 Å². The number of furan rings is 1. The molecule has 6 nitrogen and oxygen atoms in total. The minimum atomic E-state index is -0.317. The molecule has 0 fully saturated rings. The quantitative estimate of drug-likeness (QED) is 0.652. The van der Waals surface area contributed by atoms with Crippen molar-refractivity contribution in [2.45, 2.75) is 6.42 Å². The van der Waals surface area contributed by atoms with Crippen LogP contribution in [0.4, 0.5) is 0 Å². The van der Waals surface area contributed by atoms with Gasteiger partial charge in [-0.1, -0.05) is 0 Å². The van der Waals surface area contributed by atoms with Crippen LogP contribution < -0.4 is 5.32 Å². The van der Waals surface area contributed by atoms with Gasteiger partial charge in [-0.05, 0) is 24.3 Å². The first-order valence-corrected chi connectivity index (χ1v) is 7.55. The first-order valence-electron chi connectivity index (χ1n) is 6.39. The van der Waals surface area contributed by atoms with E-state index >= 15 is 0 Å². The van der Waals surface area contributed by atoms with Crippen LogP contribution in [0.25, 0.3) is 0 Å². The molecule has 0 saturated carbocycles. The summed E-state index contributed by atoms with van der Waals surface area (Å²) in [5.41, 5.74) is 0. The van der Waals surface area contributed by atoms with E-state index in [1.54, 1.807) is 30.9 Å². The van der Waals surface area contributed by atoms with Crippen molar-refractivity contribution in [3.05, 3.63) is 24.2 Å². The van der Waals surface area contributed by atoms with Crippen molar-refractivity contribution in [1.29, 1.82) is 0 Å². The first kappa shape index (κ1) is 16.6. The van der Waals surface area contributed by atoms with Gasteiger partial charge in [0.15, 0.2) is 5.76 Å². The molecule has 112 valence electrons. The molecule has 0 aromatic carbocycles. The van der Waals surface area contributed by atoms with Crippen molar-refractivity contribution in [3.8, 4) is 0 Å². The number of hydrogen-bond donors (Lipinski definition) is 2. The highest BCUT2D eigenvalue weighted by Gasteiger charge is 2.16. The van der Waals surface area contributed by atoms with Gasteiger partial charge in [-0.15, -0.1) is 0 Å². The normalized spacial score (nSPS) is 10.3. The zero-order valence-electron chi connectivity index (χ0n) is 11.5. The summed E-state index contributed by atoms with van der Waals surface area (Å²) in [4.78, 5) is 24.8. The van der Waals surface area contributed by atoms with Crippen LogP contribution in [0.15, 0.2) is 22.8 Å². The number of aliphatic hydroxyl groups is 1. The van der Waals surface area contributed by atoms with E-state index in [4.69, 9.17) is 9.52 Å². The summed E-state index contributed by atoms with van der Waals surface area (Å²) in [7, 11) is 1.56. The van der Waals surface area contributed by atoms with E-state index < -0.39 is 0 Å². The molecule has 0 bridgehead atoms. The molecule has 0 spiro atoms. The molecular weight excluding hydrogens is 280 g/mol. The van der Waals surface area contributed by atoms with Crippen LogP contribution in [-0.2, 0) is 4.79 Å². The molecule has 7 heteroatoms. The lowest BCUT2D eigenvalue weighted by Gasteiger charge is -2.15. The third-order valence-corrected chi connectivity index (χ3v) is 3.54. The number of nitrogens with one attached hydrogen (secondary N) is 1. The molecule has 20 heavy (non-hydrogen) atoms. The Hall–Kier alpha value is -1.47. The Morgan fingerprint density at radius 2 is 2.25 bits per heavy atom. The molecule has 0 aliphatic heterocycles. The van der Waals surface area contributed by atoms with Crippen LogP contribution in [-0.4, -0.2) is 60.1 Å². The lowest BCUT2D eigenvalue weighted by atomic mass is 10.4. The average molecular weight is 300 g/mol. The minimum absolute atomic E-state index is 0.000833. The zero-order valence-corrected chi connectivity index (χ0v) is 12.3. The summed E-state index contributed by atoms with van der Waals surface area (Å²) in [5.74, 6) is 1.38. The van der Waals surface area contributed by atoms with Gasteiger partial charge >= 0.3 is 0 Å². The number of thioether (sulfide) groups is 1. The Balaban J connectivity index is 2.17. The number of likely N-dealkylation sites (N-methyl/N-ethyl adjacent to an activating group) is 1. The highest BCUT2D eigenvalue weighted by molar-refractivity contribution is 7.99. The van der Waals surface area contributed by atoms with Gasteiger partial charge in [0, 0.05) is 26.0 Å². The van der Waals surface area contributed by atoms with E-state index in [-0.39, 0.29) is 30.7 Å². The number of hydrogen-bond acceptors (Lipinski definition) is 5. The van der Waals surface area contributed by atoms with Crippen molar-refractivity contribution in [2.24, 2.45) is 0 Å². The summed E-state index contributed by atoms with van der Waals surface area (Å²) < 4.78 is 4.99. The van der Waals surface area contributed by atoms with Gasteiger partial charge in [0.2, 0.25) is 5.91 Å². The predicted molar refractivity (Wildman–Crippen MR) is 77.7 cm³/mol. The van der Waals surface area contributed by atoms with Crippen molar-refractivity contribution < 1.29 is 19.1 Å². The Bertz CT molecular complexity index is 409. The van der Waals surface area contributed by atoms with E-state index in [1.807, 2.05) is 0 Å². The Kier molecular flexibility index (Phi) is 7.82. The second-order valence-electron chi connectivity index (χ2n) is 4.18. The fraction of sp³-hybridized carbons (Fsp3) is 0.538. The van der Waals surface area contributed by atoms with Crippen LogP contribution >= 0.6 is 11.8 Å². The first-order chi connectivity index (χ1) is 9.65. The maximum Gasteiger partial charge on any atom is 0.289 e. The molecule has 1 rings (SSSR count). The molecule has 1 aromatic heterocycles. The summed E-state index contributed by atoms with van der Waals surface area (Å²) >= 11 is 1.67. The lowest BCUT2D eigenvalue weighted by molar-refractivity contribution is -0.121. The third kappa shape index (κ3) is 6.12. The van der Waals surface area contributed by atoms with Gasteiger partial charge in [-0.3, -0.25) is 9.59 Å². The molecule has 0 unspecified atom stereocenters. The molecule has 1 aromatic rings. The standard InChI is InChI=1S/C13H20N2O4S/c1-15(13(18)11-4-2-7-19-11)10-12(17)14-5-9-20-8-3-6-16/h2,4,7,16H,3,5-6,8-10H2,1H3,(H,14,17). The molecular formula is C13H20N2O4S. The number of carbonyl (C=O) groups is 2. The molecule has 0 radical (unpaired) electrons. The number of carbonyl (C=O) groups excluding carboxylic acids is 2. The molecule has 1 heterocycles. The number of nitrogens with zero attached hydrogens (tertiary/aromatic N) is 1. The molecule has 0 saturated heterocycles. The Labute approximate surface area is 122 Å². The monoisotopic (exact) mass is 300 g/mol. The minimum Gasteiger partial charge on any atom is -0.459 e. The molecule has 0 aliphatic rings. The maximum atomic E-state index is 11.8. The van der Waals surface area contributed by atoms with E-state index in [0.29, 0.717) is 6.54 Å². The molecule has 0 aliphatic carbocycles. The largest absolute Gasteiger partial charge is 0.459 e. The zero-order chi connectivity index (χ0) is 14.8. The van der Waals surface area contributed by atoms with Crippen LogP contribution in [0.3, 0.4) is 0 Å². The average Bonchev–Trinajstić information content (AvgIpc) is 2.95. The van der Waals surface area contributed by atoms with Crippen molar-refractivity contribution in [3.63, 3.8) is 0 Å². The summed E-state index contributed by atoms with van der Waals surface area (Å²) in [5, 5.41) is 11.4. The van der Waals surface area contributed by atoms with Crippen LogP contribution in [0.5, 0.6) is 0 Å². The molecule has 2 amide bonds. The second kappa shape index (κ2) is 9.44. The van der Waals surface area contributed by atoms with Gasteiger partial charge in [-0.2, -0.15) is 11.8 Å². The topological polar surface area (TPSA) is 82.8 Å². The van der Waals surface area contributed by atoms with Crippen LogP contribution in [0, 0.1) is 0 Å². The van der Waals surface area contributed by atoms with Gasteiger partial charge in [-0.25, -0.2) is 0 Å².